The van der Waals surface area contributed by atoms with Crippen LogP contribution in [-0.2, 0) is 9.31 Å². The number of benzene rings is 2. The highest BCUT2D eigenvalue weighted by molar-refractivity contribution is 6.62. The monoisotopic (exact) mass is 574 g/mol. The first-order valence-electron chi connectivity index (χ1n) is 12.2. The minimum Gasteiger partial charge on any atom is -0.399 e. The number of hydrogen-bond acceptors (Lipinski definition) is 6. The Morgan fingerprint density at radius 2 is 1.00 bits per heavy atom. The second-order valence-electron chi connectivity index (χ2n) is 10.1. The molecule has 0 radical (unpaired) electrons. The summed E-state index contributed by atoms with van der Waals surface area (Å²) in [5.74, 6) is -2.20. The van der Waals surface area contributed by atoms with Gasteiger partial charge in [-0.15, -0.1) is 0 Å². The third-order valence-corrected chi connectivity index (χ3v) is 6.26. The fraction of sp³-hybridized carbons (Fsp3) is 0.286. The van der Waals surface area contributed by atoms with Crippen LogP contribution >= 0.6 is 11.6 Å². The zero-order valence-electron chi connectivity index (χ0n) is 22.8. The fourth-order valence-corrected chi connectivity index (χ4v) is 3.39. The Balaban J connectivity index is 0.000000176. The molecule has 5 rings (SSSR count). The van der Waals surface area contributed by atoms with Gasteiger partial charge in [-0.05, 0) is 94.0 Å². The Morgan fingerprint density at radius 3 is 1.40 bits per heavy atom. The lowest BCUT2D eigenvalue weighted by Gasteiger charge is -2.32. The largest absolute Gasteiger partial charge is 0.495 e. The molecule has 0 atom stereocenters. The molecule has 6 nitrogen and oxygen atoms in total. The van der Waals surface area contributed by atoms with Crippen molar-refractivity contribution < 1.29 is 26.9 Å². The summed E-state index contributed by atoms with van der Waals surface area (Å²) in [4.78, 5) is 15.4. The van der Waals surface area contributed by atoms with Gasteiger partial charge in [0, 0.05) is 42.5 Å². The molecule has 2 aromatic heterocycles. The predicted molar refractivity (Wildman–Crippen MR) is 146 cm³/mol. The fourth-order valence-electron chi connectivity index (χ4n) is 3.29. The van der Waals surface area contributed by atoms with Crippen LogP contribution in [0.2, 0.25) is 5.28 Å². The summed E-state index contributed by atoms with van der Waals surface area (Å²) < 4.78 is 63.4. The van der Waals surface area contributed by atoms with Gasteiger partial charge < -0.3 is 9.31 Å². The summed E-state index contributed by atoms with van der Waals surface area (Å²) >= 11 is 5.39. The van der Waals surface area contributed by atoms with Crippen LogP contribution in [0.3, 0.4) is 0 Å². The van der Waals surface area contributed by atoms with Crippen molar-refractivity contribution in [1.82, 2.24) is 19.9 Å². The smallest absolute Gasteiger partial charge is 0.399 e. The molecule has 40 heavy (non-hydrogen) atoms. The van der Waals surface area contributed by atoms with Crippen molar-refractivity contribution in [1.29, 1.82) is 0 Å². The van der Waals surface area contributed by atoms with E-state index in [1.54, 1.807) is 24.8 Å². The highest BCUT2D eigenvalue weighted by atomic mass is 35.5. The van der Waals surface area contributed by atoms with Gasteiger partial charge in [-0.1, -0.05) is 0 Å². The highest BCUT2D eigenvalue weighted by Crippen LogP contribution is 2.36. The van der Waals surface area contributed by atoms with Crippen LogP contribution in [0.25, 0.3) is 11.4 Å². The molecule has 3 heterocycles. The van der Waals surface area contributed by atoms with Crippen molar-refractivity contribution in [2.75, 3.05) is 0 Å². The van der Waals surface area contributed by atoms with Crippen LogP contribution < -0.4 is 5.46 Å². The lowest BCUT2D eigenvalue weighted by atomic mass is 9.79. The molecular weight excluding hydrogens is 547 g/mol. The summed E-state index contributed by atoms with van der Waals surface area (Å²) in [7, 11) is -0.731. The maximum absolute atomic E-state index is 13.1. The lowest BCUT2D eigenvalue weighted by molar-refractivity contribution is 0.00578. The second-order valence-corrected chi connectivity index (χ2v) is 10.4. The zero-order chi connectivity index (χ0) is 29.7. The van der Waals surface area contributed by atoms with Crippen LogP contribution in [0, 0.1) is 37.1 Å². The van der Waals surface area contributed by atoms with E-state index in [4.69, 9.17) is 20.9 Å². The molecule has 0 unspecified atom stereocenters. The lowest BCUT2D eigenvalue weighted by Crippen LogP contribution is -2.41. The Morgan fingerprint density at radius 1 is 0.625 bits per heavy atom. The van der Waals surface area contributed by atoms with E-state index in [9.17, 15) is 17.6 Å². The minimum absolute atomic E-state index is 0.301. The van der Waals surface area contributed by atoms with Gasteiger partial charge in [0.25, 0.3) is 0 Å². The molecule has 4 aromatic rings. The molecule has 1 saturated heterocycles. The Bertz CT molecular complexity index is 1360. The van der Waals surface area contributed by atoms with Crippen molar-refractivity contribution >= 4 is 24.2 Å². The van der Waals surface area contributed by atoms with Crippen LogP contribution in [0.1, 0.15) is 38.8 Å². The molecular formula is C28H28BClF4N4O2. The van der Waals surface area contributed by atoms with Crippen LogP contribution in [0.5, 0.6) is 0 Å². The van der Waals surface area contributed by atoms with E-state index in [1.165, 1.54) is 24.3 Å². The zero-order valence-corrected chi connectivity index (χ0v) is 23.6. The average molecular weight is 575 g/mol. The van der Waals surface area contributed by atoms with Gasteiger partial charge in [0.15, 0.2) is 5.82 Å². The third-order valence-electron chi connectivity index (χ3n) is 6.06. The summed E-state index contributed by atoms with van der Waals surface area (Å²) in [6.07, 6.45) is 6.56. The number of hydrogen-bond donors (Lipinski definition) is 0. The first-order valence-corrected chi connectivity index (χ1v) is 12.5. The number of rotatable bonds is 2. The van der Waals surface area contributed by atoms with Crippen molar-refractivity contribution in [2.24, 2.45) is 0 Å². The predicted octanol–water partition coefficient (Wildman–Crippen LogP) is 6.43. The molecule has 1 aliphatic heterocycles. The van der Waals surface area contributed by atoms with Gasteiger partial charge in [-0.3, -0.25) is 0 Å². The standard InChI is InChI=1S/C12H15BF2O2.C11H8F2N2.C5H5ClN2/c1-11(2)12(3,4)17-13(16-11)8-5-9(14)7-10(15)6-8;1-7-5-14-11(15-6-7)8-2-9(12)4-10(13)3-8;1-4-2-7-5(6)8-3-4/h5-7H,1-4H3;2-6H,1H3;2-3H,1H3. The van der Waals surface area contributed by atoms with Gasteiger partial charge >= 0.3 is 7.12 Å². The first kappa shape index (κ1) is 31.1. The normalized spacial score (nSPS) is 15.0. The molecule has 210 valence electrons. The molecule has 1 fully saturated rings. The van der Waals surface area contributed by atoms with E-state index in [0.717, 1.165) is 23.3 Å². The van der Waals surface area contributed by atoms with E-state index in [1.807, 2.05) is 41.5 Å². The van der Waals surface area contributed by atoms with Crippen molar-refractivity contribution in [3.63, 3.8) is 0 Å². The summed E-state index contributed by atoms with van der Waals surface area (Å²) in [6, 6.07) is 6.50. The summed E-state index contributed by atoms with van der Waals surface area (Å²) in [5, 5.41) is 0.301. The molecule has 0 aliphatic carbocycles. The molecule has 0 amide bonds. The molecule has 0 spiro atoms. The Labute approximate surface area is 235 Å². The Kier molecular flexibility index (Phi) is 9.99. The SMILES string of the molecule is CC1(C)OB(c2cc(F)cc(F)c2)OC1(C)C.Cc1cnc(-c2cc(F)cc(F)c2)nc1.Cc1cnc(Cl)nc1. The molecule has 0 N–H and O–H groups in total. The first-order chi connectivity index (χ1) is 18.6. The number of aryl methyl sites for hydroxylation is 2. The van der Waals surface area contributed by atoms with Gasteiger partial charge in [0.2, 0.25) is 5.28 Å². The maximum Gasteiger partial charge on any atom is 0.495 e. The van der Waals surface area contributed by atoms with Gasteiger partial charge in [0.05, 0.1) is 11.2 Å². The van der Waals surface area contributed by atoms with Crippen LogP contribution in [0.15, 0.2) is 61.2 Å². The van der Waals surface area contributed by atoms with E-state index in [-0.39, 0.29) is 0 Å². The van der Waals surface area contributed by atoms with Crippen LogP contribution in [0.4, 0.5) is 17.6 Å². The van der Waals surface area contributed by atoms with E-state index < -0.39 is 41.6 Å². The highest BCUT2D eigenvalue weighted by Gasteiger charge is 2.51. The van der Waals surface area contributed by atoms with Crippen LogP contribution in [-0.4, -0.2) is 38.3 Å². The average Bonchev–Trinajstić information content (AvgIpc) is 3.08. The van der Waals surface area contributed by atoms with Gasteiger partial charge in [0.1, 0.15) is 23.3 Å². The maximum atomic E-state index is 13.1. The molecule has 12 heteroatoms. The minimum atomic E-state index is -0.731. The van der Waals surface area contributed by atoms with Crippen molar-refractivity contribution in [3.05, 3.63) is 101 Å². The quantitative estimate of drug-likeness (QED) is 0.156. The number of nitrogens with zero attached hydrogens (tertiary/aromatic N) is 4. The van der Waals surface area contributed by atoms with E-state index in [0.29, 0.717) is 22.1 Å². The topological polar surface area (TPSA) is 70.0 Å². The van der Waals surface area contributed by atoms with E-state index >= 15 is 0 Å². The number of aromatic nitrogens is 4. The molecule has 2 aromatic carbocycles. The van der Waals surface area contributed by atoms with Gasteiger partial charge in [-0.25, -0.2) is 37.5 Å². The summed E-state index contributed by atoms with van der Waals surface area (Å²) in [5.41, 5.74) is 1.60. The summed E-state index contributed by atoms with van der Waals surface area (Å²) in [6.45, 7) is 11.3. The molecule has 0 saturated carbocycles. The molecule has 0 bridgehead atoms. The van der Waals surface area contributed by atoms with Crippen molar-refractivity contribution in [3.8, 4) is 11.4 Å². The van der Waals surface area contributed by atoms with Crippen molar-refractivity contribution in [2.45, 2.75) is 52.7 Å². The van der Waals surface area contributed by atoms with Gasteiger partial charge in [-0.2, -0.15) is 0 Å². The third kappa shape index (κ3) is 8.55. The Hall–Kier alpha value is -3.41. The van der Waals surface area contributed by atoms with E-state index in [2.05, 4.69) is 19.9 Å². The number of halogens is 5. The second kappa shape index (κ2) is 12.8. The molecule has 1 aliphatic rings.